The Morgan fingerprint density at radius 1 is 1.50 bits per heavy atom. The van der Waals surface area contributed by atoms with Crippen LogP contribution in [-0.2, 0) is 6.54 Å². The van der Waals surface area contributed by atoms with Crippen molar-refractivity contribution in [3.63, 3.8) is 0 Å². The van der Waals surface area contributed by atoms with Crippen LogP contribution in [0.3, 0.4) is 0 Å². The van der Waals surface area contributed by atoms with Crippen molar-refractivity contribution < 1.29 is 4.39 Å². The third-order valence-electron chi connectivity index (χ3n) is 3.59. The molecule has 1 fully saturated rings. The predicted molar refractivity (Wildman–Crippen MR) is 76.1 cm³/mol. The van der Waals surface area contributed by atoms with Gasteiger partial charge in [0.2, 0.25) is 0 Å². The highest BCUT2D eigenvalue weighted by atomic mass is 79.9. The lowest BCUT2D eigenvalue weighted by Gasteiger charge is -2.24. The van der Waals surface area contributed by atoms with E-state index >= 15 is 0 Å². The second kappa shape index (κ2) is 6.13. The topological polar surface area (TPSA) is 15.3 Å². The zero-order chi connectivity index (χ0) is 13.1. The van der Waals surface area contributed by atoms with Gasteiger partial charge in [0.1, 0.15) is 5.82 Å². The number of benzene rings is 1. The maximum Gasteiger partial charge on any atom is 0.128 e. The molecule has 0 spiro atoms. The van der Waals surface area contributed by atoms with Crippen LogP contribution < -0.4 is 5.32 Å². The summed E-state index contributed by atoms with van der Waals surface area (Å²) in [5.74, 6) is -0.153. The van der Waals surface area contributed by atoms with Crippen molar-refractivity contribution in [3.05, 3.63) is 34.1 Å². The number of nitrogens with one attached hydrogen (secondary N) is 1. The van der Waals surface area contributed by atoms with Gasteiger partial charge < -0.3 is 5.32 Å². The average Bonchev–Trinajstić information content (AvgIpc) is 3.15. The molecule has 4 heteroatoms. The summed E-state index contributed by atoms with van der Waals surface area (Å²) in [6.45, 7) is 3.69. The largest absolute Gasteiger partial charge is 0.311 e. The summed E-state index contributed by atoms with van der Waals surface area (Å²) < 4.78 is 14.4. The predicted octanol–water partition coefficient (Wildman–Crippen LogP) is 3.16. The number of rotatable bonds is 6. The Hall–Kier alpha value is -0.450. The van der Waals surface area contributed by atoms with Crippen LogP contribution in [0.1, 0.15) is 25.3 Å². The molecular weight excluding hydrogens is 295 g/mol. The lowest BCUT2D eigenvalue weighted by Crippen LogP contribution is -2.39. The van der Waals surface area contributed by atoms with Gasteiger partial charge in [0.15, 0.2) is 0 Å². The van der Waals surface area contributed by atoms with Crippen LogP contribution in [0.2, 0.25) is 0 Å². The molecule has 1 aromatic carbocycles. The summed E-state index contributed by atoms with van der Waals surface area (Å²) in [5.41, 5.74) is 0.722. The van der Waals surface area contributed by atoms with Crippen LogP contribution in [-0.4, -0.2) is 30.6 Å². The van der Waals surface area contributed by atoms with Crippen LogP contribution in [0.25, 0.3) is 0 Å². The number of halogens is 2. The van der Waals surface area contributed by atoms with Crippen LogP contribution in [0.15, 0.2) is 22.7 Å². The summed E-state index contributed by atoms with van der Waals surface area (Å²) in [4.78, 5) is 2.41. The van der Waals surface area contributed by atoms with E-state index < -0.39 is 0 Å². The van der Waals surface area contributed by atoms with Gasteiger partial charge >= 0.3 is 0 Å². The molecule has 0 saturated heterocycles. The first-order valence-corrected chi connectivity index (χ1v) is 7.24. The maximum absolute atomic E-state index is 13.6. The Labute approximate surface area is 117 Å². The van der Waals surface area contributed by atoms with Crippen molar-refractivity contribution in [3.8, 4) is 0 Å². The van der Waals surface area contributed by atoms with E-state index in [0.29, 0.717) is 12.6 Å². The molecule has 0 radical (unpaired) electrons. The van der Waals surface area contributed by atoms with E-state index in [1.54, 1.807) is 0 Å². The first-order valence-electron chi connectivity index (χ1n) is 6.44. The van der Waals surface area contributed by atoms with Crippen molar-refractivity contribution in [1.29, 1.82) is 0 Å². The molecule has 18 heavy (non-hydrogen) atoms. The molecule has 0 aliphatic heterocycles. The summed E-state index contributed by atoms with van der Waals surface area (Å²) in [7, 11) is 2.17. The highest BCUT2D eigenvalue weighted by Crippen LogP contribution is 2.26. The van der Waals surface area contributed by atoms with Gasteiger partial charge in [0, 0.05) is 35.2 Å². The summed E-state index contributed by atoms with van der Waals surface area (Å²) in [5, 5.41) is 3.33. The molecule has 0 amide bonds. The summed E-state index contributed by atoms with van der Waals surface area (Å²) in [6, 6.07) is 6.47. The highest BCUT2D eigenvalue weighted by Gasteiger charge is 2.28. The molecule has 1 N–H and O–H groups in total. The average molecular weight is 315 g/mol. The van der Waals surface area contributed by atoms with Gasteiger partial charge in [0.25, 0.3) is 0 Å². The van der Waals surface area contributed by atoms with Crippen LogP contribution in [0.4, 0.5) is 4.39 Å². The van der Waals surface area contributed by atoms with E-state index in [0.717, 1.165) is 22.6 Å². The fourth-order valence-corrected chi connectivity index (χ4v) is 2.40. The van der Waals surface area contributed by atoms with E-state index in [1.165, 1.54) is 18.9 Å². The summed E-state index contributed by atoms with van der Waals surface area (Å²) in [6.07, 6.45) is 2.64. The third kappa shape index (κ3) is 3.77. The van der Waals surface area contributed by atoms with Gasteiger partial charge in [-0.05, 0) is 38.9 Å². The zero-order valence-electron chi connectivity index (χ0n) is 10.9. The normalized spacial score (nSPS) is 17.2. The lowest BCUT2D eigenvalue weighted by atomic mass is 10.2. The molecular formula is C14H20BrFN2. The molecule has 1 aliphatic rings. The van der Waals surface area contributed by atoms with Crippen molar-refractivity contribution >= 4 is 15.9 Å². The molecule has 1 aromatic rings. The van der Waals surface area contributed by atoms with Gasteiger partial charge in [0.05, 0.1) is 0 Å². The number of hydrogen-bond acceptors (Lipinski definition) is 2. The smallest absolute Gasteiger partial charge is 0.128 e. The van der Waals surface area contributed by atoms with E-state index in [4.69, 9.17) is 0 Å². The Morgan fingerprint density at radius 2 is 2.22 bits per heavy atom. The first-order chi connectivity index (χ1) is 8.58. The van der Waals surface area contributed by atoms with E-state index in [1.807, 2.05) is 12.1 Å². The van der Waals surface area contributed by atoms with Crippen molar-refractivity contribution in [1.82, 2.24) is 10.2 Å². The lowest BCUT2D eigenvalue weighted by molar-refractivity contribution is 0.241. The molecule has 0 aromatic heterocycles. The molecule has 2 nitrogen and oxygen atoms in total. The second-order valence-corrected chi connectivity index (χ2v) is 6.03. The molecule has 1 atom stereocenters. The molecule has 2 rings (SSSR count). The molecule has 1 unspecified atom stereocenters. The fraction of sp³-hybridized carbons (Fsp3) is 0.571. The molecule has 100 valence electrons. The number of likely N-dealkylation sites (N-methyl/N-ethyl adjacent to an activating group) is 1. The fourth-order valence-electron chi connectivity index (χ4n) is 2.07. The van der Waals surface area contributed by atoms with Crippen molar-refractivity contribution in [2.24, 2.45) is 0 Å². The van der Waals surface area contributed by atoms with Gasteiger partial charge in [-0.1, -0.05) is 22.0 Å². The van der Waals surface area contributed by atoms with Gasteiger partial charge in [-0.15, -0.1) is 0 Å². The molecule has 0 bridgehead atoms. The Morgan fingerprint density at radius 3 is 2.83 bits per heavy atom. The SMILES string of the molecule is CC(CNCc1ccc(Br)cc1F)N(C)C1CC1. The minimum Gasteiger partial charge on any atom is -0.311 e. The van der Waals surface area contributed by atoms with Crippen LogP contribution >= 0.6 is 15.9 Å². The quantitative estimate of drug-likeness (QED) is 0.867. The number of nitrogens with zero attached hydrogens (tertiary/aromatic N) is 1. The van der Waals surface area contributed by atoms with Gasteiger partial charge in [-0.3, -0.25) is 4.90 Å². The van der Waals surface area contributed by atoms with Crippen LogP contribution in [0, 0.1) is 5.82 Å². The van der Waals surface area contributed by atoms with E-state index in [2.05, 4.69) is 40.1 Å². The molecule has 0 heterocycles. The van der Waals surface area contributed by atoms with Crippen molar-refractivity contribution in [2.75, 3.05) is 13.6 Å². The van der Waals surface area contributed by atoms with E-state index in [9.17, 15) is 4.39 Å². The molecule has 1 saturated carbocycles. The standard InChI is InChI=1S/C14H20BrFN2/c1-10(18(2)13-5-6-13)8-17-9-11-3-4-12(15)7-14(11)16/h3-4,7,10,13,17H,5-6,8-9H2,1-2H3. The van der Waals surface area contributed by atoms with E-state index in [-0.39, 0.29) is 5.82 Å². The minimum atomic E-state index is -0.153. The minimum absolute atomic E-state index is 0.153. The monoisotopic (exact) mass is 314 g/mol. The van der Waals surface area contributed by atoms with Gasteiger partial charge in [-0.25, -0.2) is 4.39 Å². The number of hydrogen-bond donors (Lipinski definition) is 1. The Kier molecular flexibility index (Phi) is 4.76. The van der Waals surface area contributed by atoms with Crippen molar-refractivity contribution in [2.45, 2.75) is 38.4 Å². The maximum atomic E-state index is 13.6. The first kappa shape index (κ1) is 14.0. The zero-order valence-corrected chi connectivity index (χ0v) is 12.5. The highest BCUT2D eigenvalue weighted by molar-refractivity contribution is 9.10. The third-order valence-corrected chi connectivity index (χ3v) is 4.08. The molecule has 1 aliphatic carbocycles. The second-order valence-electron chi connectivity index (χ2n) is 5.11. The van der Waals surface area contributed by atoms with Gasteiger partial charge in [-0.2, -0.15) is 0 Å². The summed E-state index contributed by atoms with van der Waals surface area (Å²) >= 11 is 3.26. The van der Waals surface area contributed by atoms with Crippen LogP contribution in [0.5, 0.6) is 0 Å². The Balaban J connectivity index is 1.77. The Bertz CT molecular complexity index is 407.